The van der Waals surface area contributed by atoms with Crippen LogP contribution in [0.25, 0.3) is 0 Å². The molecule has 1 aromatic carbocycles. The first-order valence-electron chi connectivity index (χ1n) is 6.81. The van der Waals surface area contributed by atoms with Crippen LogP contribution in [0.2, 0.25) is 0 Å². The van der Waals surface area contributed by atoms with Crippen LogP contribution in [0.5, 0.6) is 17.2 Å². The second-order valence-electron chi connectivity index (χ2n) is 4.56. The van der Waals surface area contributed by atoms with E-state index in [9.17, 15) is 9.90 Å². The predicted molar refractivity (Wildman–Crippen MR) is 87.4 cm³/mol. The fraction of sp³-hybridized carbons (Fsp3) is 0.533. The molecule has 0 aliphatic rings. The molecule has 1 atom stereocenters. The maximum atomic E-state index is 11.3. The average Bonchev–Trinajstić information content (AvgIpc) is 2.53. The van der Waals surface area contributed by atoms with Crippen molar-refractivity contribution in [3.63, 3.8) is 0 Å². The quantitative estimate of drug-likeness (QED) is 0.680. The highest BCUT2D eigenvalue weighted by Crippen LogP contribution is 2.34. The second-order valence-corrected chi connectivity index (χ2v) is 5.55. The third-order valence-corrected chi connectivity index (χ3v) is 3.90. The van der Waals surface area contributed by atoms with Crippen molar-refractivity contribution in [1.29, 1.82) is 0 Å². The van der Waals surface area contributed by atoms with E-state index < -0.39 is 12.0 Å². The molecule has 0 radical (unpaired) electrons. The number of hydrogen-bond acceptors (Lipinski definition) is 6. The number of carboxylic acids is 1. The van der Waals surface area contributed by atoms with Gasteiger partial charge in [-0.05, 0) is 18.4 Å². The molecule has 0 saturated carbocycles. The Kier molecular flexibility index (Phi) is 7.90. The molecule has 0 bridgehead atoms. The Morgan fingerprint density at radius 1 is 1.23 bits per heavy atom. The molecule has 0 saturated heterocycles. The highest BCUT2D eigenvalue weighted by Gasteiger charge is 2.19. The van der Waals surface area contributed by atoms with Gasteiger partial charge in [0.15, 0.2) is 0 Å². The fourth-order valence-corrected chi connectivity index (χ4v) is 2.50. The minimum Gasteiger partial charge on any atom is -0.496 e. The van der Waals surface area contributed by atoms with Crippen LogP contribution >= 0.6 is 11.8 Å². The van der Waals surface area contributed by atoms with Crippen LogP contribution in [0.15, 0.2) is 12.1 Å². The smallest absolute Gasteiger partial charge is 0.320 e. The molecule has 0 aliphatic heterocycles. The van der Waals surface area contributed by atoms with Crippen LogP contribution in [0, 0.1) is 0 Å². The van der Waals surface area contributed by atoms with E-state index in [1.54, 1.807) is 45.2 Å². The number of aliphatic carboxylic acids is 1. The molecule has 6 nitrogen and oxygen atoms in total. The van der Waals surface area contributed by atoms with E-state index >= 15 is 0 Å². The largest absolute Gasteiger partial charge is 0.496 e. The van der Waals surface area contributed by atoms with Gasteiger partial charge in [-0.2, -0.15) is 11.8 Å². The molecule has 7 heteroatoms. The number of methoxy groups -OCH3 is 3. The van der Waals surface area contributed by atoms with Gasteiger partial charge in [0.05, 0.1) is 26.9 Å². The number of rotatable bonds is 10. The highest BCUT2D eigenvalue weighted by atomic mass is 32.2. The van der Waals surface area contributed by atoms with Gasteiger partial charge in [0.1, 0.15) is 23.3 Å². The third-order valence-electron chi connectivity index (χ3n) is 3.25. The van der Waals surface area contributed by atoms with Crippen molar-refractivity contribution < 1.29 is 24.1 Å². The Bertz CT molecular complexity index is 470. The lowest BCUT2D eigenvalue weighted by atomic mass is 10.1. The van der Waals surface area contributed by atoms with Gasteiger partial charge in [0.2, 0.25) is 0 Å². The third kappa shape index (κ3) is 4.99. The molecule has 1 rings (SSSR count). The van der Waals surface area contributed by atoms with Crippen molar-refractivity contribution >= 4 is 17.7 Å². The van der Waals surface area contributed by atoms with Gasteiger partial charge in [-0.1, -0.05) is 0 Å². The summed E-state index contributed by atoms with van der Waals surface area (Å²) in [5.74, 6) is 1.73. The summed E-state index contributed by atoms with van der Waals surface area (Å²) in [5.41, 5.74) is 0.765. The SMILES string of the molecule is COc1cc(OC)c(CNC(CCSC)C(=O)O)c(OC)c1. The number of hydrogen-bond donors (Lipinski definition) is 2. The van der Waals surface area contributed by atoms with E-state index in [0.717, 1.165) is 11.3 Å². The van der Waals surface area contributed by atoms with Gasteiger partial charge < -0.3 is 19.3 Å². The normalized spacial score (nSPS) is 11.8. The number of benzene rings is 1. The summed E-state index contributed by atoms with van der Waals surface area (Å²) < 4.78 is 15.9. The van der Waals surface area contributed by atoms with E-state index in [2.05, 4.69) is 5.32 Å². The average molecular weight is 329 g/mol. The van der Waals surface area contributed by atoms with Crippen molar-refractivity contribution in [2.45, 2.75) is 19.0 Å². The van der Waals surface area contributed by atoms with Crippen LogP contribution in [0.1, 0.15) is 12.0 Å². The predicted octanol–water partition coefficient (Wildman–Crippen LogP) is 2.01. The summed E-state index contributed by atoms with van der Waals surface area (Å²) in [6.07, 6.45) is 2.51. The zero-order chi connectivity index (χ0) is 16.5. The lowest BCUT2D eigenvalue weighted by Crippen LogP contribution is -2.36. The highest BCUT2D eigenvalue weighted by molar-refractivity contribution is 7.98. The first-order valence-corrected chi connectivity index (χ1v) is 8.20. The second kappa shape index (κ2) is 9.42. The Morgan fingerprint density at radius 2 is 1.82 bits per heavy atom. The number of ether oxygens (including phenoxy) is 3. The Hall–Kier alpha value is -1.60. The van der Waals surface area contributed by atoms with Crippen molar-refractivity contribution in [2.75, 3.05) is 33.3 Å². The van der Waals surface area contributed by atoms with Gasteiger partial charge in [-0.25, -0.2) is 0 Å². The first kappa shape index (κ1) is 18.4. The fourth-order valence-electron chi connectivity index (χ4n) is 2.03. The molecule has 1 unspecified atom stereocenters. The topological polar surface area (TPSA) is 77.0 Å². The summed E-state index contributed by atoms with van der Waals surface area (Å²) in [6, 6.07) is 2.89. The Morgan fingerprint density at radius 3 is 2.23 bits per heavy atom. The van der Waals surface area contributed by atoms with Crippen LogP contribution in [0.3, 0.4) is 0 Å². The van der Waals surface area contributed by atoms with E-state index in [1.807, 2.05) is 6.26 Å². The minimum absolute atomic E-state index is 0.335. The molecule has 0 aliphatic carbocycles. The summed E-state index contributed by atoms with van der Waals surface area (Å²) in [6.45, 7) is 0.335. The zero-order valence-electron chi connectivity index (χ0n) is 13.3. The molecule has 2 N–H and O–H groups in total. The van der Waals surface area contributed by atoms with Crippen molar-refractivity contribution in [3.05, 3.63) is 17.7 Å². The molecule has 0 amide bonds. The standard InChI is InChI=1S/C15H23NO5S/c1-19-10-7-13(20-2)11(14(8-10)21-3)9-16-12(15(17)18)5-6-22-4/h7-8,12,16H,5-6,9H2,1-4H3,(H,17,18). The molecule has 124 valence electrons. The lowest BCUT2D eigenvalue weighted by Gasteiger charge is -2.18. The lowest BCUT2D eigenvalue weighted by molar-refractivity contribution is -0.139. The summed E-state index contributed by atoms with van der Waals surface area (Å²) in [4.78, 5) is 11.3. The molecule has 0 aromatic heterocycles. The summed E-state index contributed by atoms with van der Waals surface area (Å²) in [5, 5.41) is 12.3. The molecule has 0 spiro atoms. The molecular weight excluding hydrogens is 306 g/mol. The number of carboxylic acid groups (broad SMARTS) is 1. The van der Waals surface area contributed by atoms with Gasteiger partial charge in [-0.15, -0.1) is 0 Å². The van der Waals surface area contributed by atoms with Gasteiger partial charge in [0, 0.05) is 18.7 Å². The van der Waals surface area contributed by atoms with Crippen molar-refractivity contribution in [1.82, 2.24) is 5.32 Å². The number of thioether (sulfide) groups is 1. The van der Waals surface area contributed by atoms with Crippen molar-refractivity contribution in [2.24, 2.45) is 0 Å². The Balaban J connectivity index is 2.93. The maximum absolute atomic E-state index is 11.3. The summed E-state index contributed by atoms with van der Waals surface area (Å²) >= 11 is 1.62. The number of nitrogens with one attached hydrogen (secondary N) is 1. The van der Waals surface area contributed by atoms with Crippen molar-refractivity contribution in [3.8, 4) is 17.2 Å². The molecule has 0 fully saturated rings. The molecular formula is C15H23NO5S. The Labute approximate surface area is 135 Å². The van der Waals surface area contributed by atoms with Gasteiger partial charge in [0.25, 0.3) is 0 Å². The van der Waals surface area contributed by atoms with Crippen LogP contribution in [-0.4, -0.2) is 50.5 Å². The monoisotopic (exact) mass is 329 g/mol. The van der Waals surface area contributed by atoms with Crippen LogP contribution in [0.4, 0.5) is 0 Å². The van der Waals surface area contributed by atoms with Gasteiger partial charge >= 0.3 is 5.97 Å². The summed E-state index contributed by atoms with van der Waals surface area (Å²) in [7, 11) is 4.68. The van der Waals surface area contributed by atoms with E-state index in [0.29, 0.717) is 30.2 Å². The minimum atomic E-state index is -0.861. The van der Waals surface area contributed by atoms with Crippen LogP contribution in [-0.2, 0) is 11.3 Å². The van der Waals surface area contributed by atoms with E-state index in [4.69, 9.17) is 14.2 Å². The molecule has 1 aromatic rings. The van der Waals surface area contributed by atoms with E-state index in [1.165, 1.54) is 0 Å². The first-order chi connectivity index (χ1) is 10.6. The van der Waals surface area contributed by atoms with E-state index in [-0.39, 0.29) is 0 Å². The molecule has 0 heterocycles. The molecule has 22 heavy (non-hydrogen) atoms. The zero-order valence-corrected chi connectivity index (χ0v) is 14.2. The van der Waals surface area contributed by atoms with Gasteiger partial charge in [-0.3, -0.25) is 10.1 Å². The number of carbonyl (C=O) groups is 1. The van der Waals surface area contributed by atoms with Crippen LogP contribution < -0.4 is 19.5 Å². The maximum Gasteiger partial charge on any atom is 0.320 e.